The predicted octanol–water partition coefficient (Wildman–Crippen LogP) is 7.45. The van der Waals surface area contributed by atoms with E-state index in [9.17, 15) is 0 Å². The summed E-state index contributed by atoms with van der Waals surface area (Å²) in [6.07, 6.45) is 19.0. The normalized spacial score (nSPS) is 13.9. The quantitative estimate of drug-likeness (QED) is 0.177. The fourth-order valence-corrected chi connectivity index (χ4v) is 9.48. The fraction of sp³-hybridized carbons (Fsp3) is 0.889. The maximum absolute atomic E-state index is 7.46. The van der Waals surface area contributed by atoms with Crippen molar-refractivity contribution in [2.75, 3.05) is 24.6 Å². The Balaban J connectivity index is 4.80. The number of rotatable bonds is 14. The molecule has 0 atom stereocenters. The Kier molecular flexibility index (Phi) is 11.3. The maximum atomic E-state index is 7.46. The third kappa shape index (κ3) is 8.04. The van der Waals surface area contributed by atoms with Crippen molar-refractivity contribution >= 4 is 17.2 Å². The van der Waals surface area contributed by atoms with Crippen LogP contribution < -0.4 is 0 Å². The van der Waals surface area contributed by atoms with Gasteiger partial charge in [-0.25, -0.2) is 0 Å². The first-order valence-electron chi connectivity index (χ1n) is 8.87. The van der Waals surface area contributed by atoms with Crippen LogP contribution in [0.15, 0.2) is 12.7 Å². The molecule has 0 fully saturated rings. The minimum atomic E-state index is -2.04. The topological polar surface area (TPSA) is 0 Å². The summed E-state index contributed by atoms with van der Waals surface area (Å²) < 4.78 is 0. The Morgan fingerprint density at radius 3 is 1.35 bits per heavy atom. The summed E-state index contributed by atoms with van der Waals surface area (Å²) in [5, 5.41) is 0. The molecule has 122 valence electrons. The van der Waals surface area contributed by atoms with E-state index in [0.29, 0.717) is 0 Å². The van der Waals surface area contributed by atoms with Gasteiger partial charge in [0.2, 0.25) is 0 Å². The summed E-state index contributed by atoms with van der Waals surface area (Å²) >= 11 is 7.46. The van der Waals surface area contributed by atoms with E-state index in [1.165, 1.54) is 76.3 Å². The molecule has 0 unspecified atom stereocenters. The molecule has 0 amide bonds. The molecule has 0 spiro atoms. The Hall–Kier alpha value is 0.460. The molecule has 20 heavy (non-hydrogen) atoms. The van der Waals surface area contributed by atoms with Crippen molar-refractivity contribution in [1.29, 1.82) is 0 Å². The second-order valence-electron chi connectivity index (χ2n) is 6.58. The van der Waals surface area contributed by atoms with Crippen molar-refractivity contribution in [1.82, 2.24) is 0 Å². The van der Waals surface area contributed by atoms with E-state index in [2.05, 4.69) is 33.4 Å². The molecule has 0 heterocycles. The molecule has 0 saturated heterocycles. The van der Waals surface area contributed by atoms with Gasteiger partial charge in [0.1, 0.15) is 0 Å². The number of unbranched alkanes of at least 4 members (excludes halogenated alkanes) is 6. The molecular weight excluding hydrogens is 283 g/mol. The van der Waals surface area contributed by atoms with Gasteiger partial charge in [-0.1, -0.05) is 0 Å². The second kappa shape index (κ2) is 11.1. The van der Waals surface area contributed by atoms with Crippen molar-refractivity contribution in [2.45, 2.75) is 78.6 Å². The molecule has 0 aliphatic heterocycles. The molecule has 0 aromatic heterocycles. The molecule has 0 aliphatic rings. The molecule has 0 radical (unpaired) electrons. The van der Waals surface area contributed by atoms with Gasteiger partial charge in [-0.15, -0.1) is 0 Å². The van der Waals surface area contributed by atoms with Gasteiger partial charge in [-0.2, -0.15) is 0 Å². The standard InChI is InChI=1S/C18H38ClP/c1-5-9-12-16-20(19,15-8-4,17-13-10-6-2)18-14-11-7-3/h8H,4-7,9-18H2,1-3H3. The third-order valence-corrected chi connectivity index (χ3v) is 12.0. The Bertz CT molecular complexity index is 221. The molecule has 0 saturated carbocycles. The van der Waals surface area contributed by atoms with Gasteiger partial charge in [-0.05, 0) is 0 Å². The average molecular weight is 321 g/mol. The monoisotopic (exact) mass is 320 g/mol. The second-order valence-corrected chi connectivity index (χ2v) is 14.8. The van der Waals surface area contributed by atoms with Crippen LogP contribution in [0.25, 0.3) is 0 Å². The van der Waals surface area contributed by atoms with E-state index < -0.39 is 5.96 Å². The van der Waals surface area contributed by atoms with Crippen LogP contribution in [0.5, 0.6) is 0 Å². The molecule has 0 rings (SSSR count). The molecular formula is C18H38ClP. The zero-order valence-electron chi connectivity index (χ0n) is 14.3. The van der Waals surface area contributed by atoms with Crippen LogP contribution in [0.4, 0.5) is 0 Å². The van der Waals surface area contributed by atoms with Crippen LogP contribution in [0.1, 0.15) is 78.6 Å². The molecule has 0 bridgehead atoms. The third-order valence-electron chi connectivity index (χ3n) is 4.55. The first kappa shape index (κ1) is 20.5. The first-order chi connectivity index (χ1) is 9.54. The Morgan fingerprint density at radius 2 is 1.10 bits per heavy atom. The van der Waals surface area contributed by atoms with Crippen molar-refractivity contribution in [3.63, 3.8) is 0 Å². The van der Waals surface area contributed by atoms with Crippen LogP contribution in [0.3, 0.4) is 0 Å². The van der Waals surface area contributed by atoms with Gasteiger partial charge in [0.15, 0.2) is 0 Å². The zero-order chi connectivity index (χ0) is 15.3. The van der Waals surface area contributed by atoms with Gasteiger partial charge in [0.05, 0.1) is 0 Å². The van der Waals surface area contributed by atoms with Crippen molar-refractivity contribution in [3.8, 4) is 0 Å². The zero-order valence-corrected chi connectivity index (χ0v) is 16.0. The Morgan fingerprint density at radius 1 is 0.750 bits per heavy atom. The first-order valence-corrected chi connectivity index (χ1v) is 12.8. The van der Waals surface area contributed by atoms with Crippen LogP contribution in [-0.4, -0.2) is 24.6 Å². The summed E-state index contributed by atoms with van der Waals surface area (Å²) in [7, 11) is 0. The number of hydrogen-bond acceptors (Lipinski definition) is 0. The molecule has 0 aliphatic carbocycles. The van der Waals surface area contributed by atoms with E-state index in [0.717, 1.165) is 6.16 Å². The number of halogens is 1. The molecule has 0 N–H and O–H groups in total. The summed E-state index contributed by atoms with van der Waals surface area (Å²) in [6, 6.07) is 0. The van der Waals surface area contributed by atoms with Gasteiger partial charge >= 0.3 is 133 Å². The number of hydrogen-bond donors (Lipinski definition) is 0. The fourth-order valence-electron chi connectivity index (χ4n) is 3.20. The molecule has 0 aromatic carbocycles. The summed E-state index contributed by atoms with van der Waals surface area (Å²) in [5.41, 5.74) is 0. The van der Waals surface area contributed by atoms with Crippen molar-refractivity contribution < 1.29 is 0 Å². The van der Waals surface area contributed by atoms with E-state index in [4.69, 9.17) is 11.2 Å². The SMILES string of the molecule is C=CCP(Cl)(CCCCC)(CCCCC)CCCCC. The minimum absolute atomic E-state index is 1.10. The van der Waals surface area contributed by atoms with Crippen LogP contribution in [0.2, 0.25) is 0 Å². The van der Waals surface area contributed by atoms with E-state index >= 15 is 0 Å². The van der Waals surface area contributed by atoms with E-state index in [1.54, 1.807) is 0 Å². The van der Waals surface area contributed by atoms with Gasteiger partial charge < -0.3 is 0 Å². The average Bonchev–Trinajstić information content (AvgIpc) is 2.40. The summed E-state index contributed by atoms with van der Waals surface area (Å²) in [6.45, 7) is 10.9. The van der Waals surface area contributed by atoms with Crippen LogP contribution in [0, 0.1) is 0 Å². The Labute approximate surface area is 133 Å². The van der Waals surface area contributed by atoms with Gasteiger partial charge in [0, 0.05) is 0 Å². The number of allylic oxidation sites excluding steroid dienone is 1. The van der Waals surface area contributed by atoms with Gasteiger partial charge in [-0.3, -0.25) is 0 Å². The summed E-state index contributed by atoms with van der Waals surface area (Å²) in [4.78, 5) is 0. The predicted molar refractivity (Wildman–Crippen MR) is 101 cm³/mol. The van der Waals surface area contributed by atoms with Crippen molar-refractivity contribution in [2.24, 2.45) is 0 Å². The molecule has 0 nitrogen and oxygen atoms in total. The van der Waals surface area contributed by atoms with E-state index in [-0.39, 0.29) is 0 Å². The molecule has 2 heteroatoms. The van der Waals surface area contributed by atoms with E-state index in [1.807, 2.05) is 0 Å². The van der Waals surface area contributed by atoms with Crippen molar-refractivity contribution in [3.05, 3.63) is 12.7 Å². The van der Waals surface area contributed by atoms with Crippen LogP contribution >= 0.6 is 17.2 Å². The summed E-state index contributed by atoms with van der Waals surface area (Å²) in [5.74, 6) is -2.04. The van der Waals surface area contributed by atoms with Gasteiger partial charge in [0.25, 0.3) is 0 Å². The van der Waals surface area contributed by atoms with Crippen LogP contribution in [-0.2, 0) is 0 Å². The molecule has 0 aromatic rings.